The van der Waals surface area contributed by atoms with Crippen molar-refractivity contribution in [2.75, 3.05) is 0 Å². The van der Waals surface area contributed by atoms with Gasteiger partial charge in [0, 0.05) is 0 Å². The van der Waals surface area contributed by atoms with Crippen LogP contribution in [0.15, 0.2) is 29.2 Å². The van der Waals surface area contributed by atoms with Crippen LogP contribution in [-0.2, 0) is 0 Å². The van der Waals surface area contributed by atoms with Crippen molar-refractivity contribution in [3.05, 3.63) is 34.8 Å². The average molecular weight is 252 g/mol. The number of hydrogen-bond acceptors (Lipinski definition) is 0. The molecular weight excluding hydrogens is 246 g/mol. The van der Waals surface area contributed by atoms with Gasteiger partial charge < -0.3 is 0 Å². The SMILES string of the molecule is Cl[Se]1(Cl)C=Cc2ccccc21. The average Bonchev–Trinajstić information content (AvgIpc) is 2.29. The van der Waals surface area contributed by atoms with Crippen molar-refractivity contribution in [3.8, 4) is 0 Å². The molecule has 1 heterocycles. The molecule has 0 saturated heterocycles. The molecule has 0 fully saturated rings. The first-order valence-electron chi connectivity index (χ1n) is 3.20. The molecular formula is C8H6Cl2Se. The van der Waals surface area contributed by atoms with Gasteiger partial charge in [-0.1, -0.05) is 0 Å². The molecule has 2 rings (SSSR count). The summed E-state index contributed by atoms with van der Waals surface area (Å²) in [5, 5.41) is 0. The molecule has 0 unspecified atom stereocenters. The summed E-state index contributed by atoms with van der Waals surface area (Å²) in [7, 11) is 12.3. The van der Waals surface area contributed by atoms with Crippen LogP contribution in [0.25, 0.3) is 6.08 Å². The van der Waals surface area contributed by atoms with E-state index in [1.54, 1.807) is 0 Å². The molecule has 0 radical (unpaired) electrons. The third-order valence-electron chi connectivity index (χ3n) is 1.63. The van der Waals surface area contributed by atoms with E-state index in [1.807, 2.05) is 35.3 Å². The second kappa shape index (κ2) is 2.53. The third-order valence-corrected chi connectivity index (χ3v) is 7.44. The molecule has 1 aliphatic rings. The normalized spacial score (nSPS) is 21.3. The summed E-state index contributed by atoms with van der Waals surface area (Å²) >= 11 is -2.37. The van der Waals surface area contributed by atoms with E-state index in [1.165, 1.54) is 5.56 Å². The van der Waals surface area contributed by atoms with Gasteiger partial charge in [-0.25, -0.2) is 0 Å². The van der Waals surface area contributed by atoms with Crippen molar-refractivity contribution >= 4 is 41.8 Å². The third kappa shape index (κ3) is 1.23. The van der Waals surface area contributed by atoms with Crippen LogP contribution in [0.1, 0.15) is 5.56 Å². The Morgan fingerprint density at radius 1 is 1.09 bits per heavy atom. The van der Waals surface area contributed by atoms with E-state index >= 15 is 0 Å². The Bertz CT molecular complexity index is 318. The second-order valence-corrected chi connectivity index (χ2v) is 11.9. The van der Waals surface area contributed by atoms with Crippen molar-refractivity contribution in [2.45, 2.75) is 0 Å². The minimum absolute atomic E-state index is 1.13. The van der Waals surface area contributed by atoms with Gasteiger partial charge in [-0.2, -0.15) is 0 Å². The second-order valence-electron chi connectivity index (χ2n) is 2.35. The van der Waals surface area contributed by atoms with Crippen LogP contribution in [0.3, 0.4) is 0 Å². The molecule has 0 nitrogen and oxygen atoms in total. The van der Waals surface area contributed by atoms with Crippen molar-refractivity contribution in [1.82, 2.24) is 0 Å². The zero-order valence-corrected chi connectivity index (χ0v) is 8.85. The van der Waals surface area contributed by atoms with Crippen molar-refractivity contribution in [2.24, 2.45) is 0 Å². The van der Waals surface area contributed by atoms with Crippen LogP contribution < -0.4 is 4.46 Å². The molecule has 1 aliphatic heterocycles. The molecule has 0 atom stereocenters. The van der Waals surface area contributed by atoms with Crippen LogP contribution in [0.5, 0.6) is 0 Å². The number of halogens is 2. The van der Waals surface area contributed by atoms with E-state index in [4.69, 9.17) is 20.2 Å². The van der Waals surface area contributed by atoms with E-state index in [0.717, 1.165) is 4.46 Å². The van der Waals surface area contributed by atoms with Gasteiger partial charge >= 0.3 is 76.6 Å². The molecule has 0 amide bonds. The van der Waals surface area contributed by atoms with Gasteiger partial charge in [-0.3, -0.25) is 0 Å². The van der Waals surface area contributed by atoms with Gasteiger partial charge in [0.05, 0.1) is 0 Å². The first-order valence-corrected chi connectivity index (χ1v) is 9.55. The molecule has 0 spiro atoms. The molecule has 1 aromatic carbocycles. The van der Waals surface area contributed by atoms with E-state index in [-0.39, 0.29) is 0 Å². The molecule has 0 N–H and O–H groups in total. The van der Waals surface area contributed by atoms with Gasteiger partial charge in [0.1, 0.15) is 0 Å². The quantitative estimate of drug-likeness (QED) is 0.622. The zero-order chi connectivity index (χ0) is 7.90. The predicted octanol–water partition coefficient (Wildman–Crippen LogP) is 2.38. The van der Waals surface area contributed by atoms with Crippen LogP contribution >= 0.6 is 20.2 Å². The number of benzene rings is 1. The first-order chi connectivity index (χ1) is 5.20. The van der Waals surface area contributed by atoms with Crippen molar-refractivity contribution in [1.29, 1.82) is 0 Å². The summed E-state index contributed by atoms with van der Waals surface area (Å²) < 4.78 is 1.13. The van der Waals surface area contributed by atoms with Crippen LogP contribution in [0.2, 0.25) is 0 Å². The number of fused-ring (bicyclic) bond motifs is 1. The Hall–Kier alpha value is 0.0595. The summed E-state index contributed by atoms with van der Waals surface area (Å²) in [6.07, 6.45) is 2.01. The standard InChI is InChI=1S/C8H6Cl2Se/c9-11(10)6-5-7-3-1-2-4-8(7)11/h1-6H. The van der Waals surface area contributed by atoms with E-state index in [9.17, 15) is 0 Å². The van der Waals surface area contributed by atoms with Crippen LogP contribution in [0.4, 0.5) is 0 Å². The first kappa shape index (κ1) is 7.70. The summed E-state index contributed by atoms with van der Waals surface area (Å²) in [5.74, 6) is 0. The molecule has 0 aliphatic carbocycles. The van der Waals surface area contributed by atoms with E-state index in [2.05, 4.69) is 0 Å². The van der Waals surface area contributed by atoms with Gasteiger partial charge in [0.25, 0.3) is 0 Å². The van der Waals surface area contributed by atoms with Gasteiger partial charge in [-0.05, 0) is 0 Å². The molecule has 1 aromatic rings. The molecule has 3 heteroatoms. The Balaban J connectivity index is 2.64. The van der Waals surface area contributed by atoms with Gasteiger partial charge in [-0.15, -0.1) is 0 Å². The summed E-state index contributed by atoms with van der Waals surface area (Å²) in [6.45, 7) is 0. The Morgan fingerprint density at radius 2 is 1.82 bits per heavy atom. The fourth-order valence-electron chi connectivity index (χ4n) is 1.10. The molecule has 11 heavy (non-hydrogen) atoms. The summed E-state index contributed by atoms with van der Waals surface area (Å²) in [6, 6.07) is 8.02. The van der Waals surface area contributed by atoms with E-state index < -0.39 is 11.0 Å². The Morgan fingerprint density at radius 3 is 2.55 bits per heavy atom. The van der Waals surface area contributed by atoms with Crippen LogP contribution in [-0.4, -0.2) is 11.0 Å². The molecule has 0 bridgehead atoms. The van der Waals surface area contributed by atoms with Crippen molar-refractivity contribution < 1.29 is 0 Å². The number of rotatable bonds is 0. The molecule has 0 saturated carbocycles. The van der Waals surface area contributed by atoms with Crippen LogP contribution in [0, 0.1) is 0 Å². The maximum atomic E-state index is 6.13. The topological polar surface area (TPSA) is 0 Å². The zero-order valence-electron chi connectivity index (χ0n) is 5.63. The van der Waals surface area contributed by atoms with Gasteiger partial charge in [0.2, 0.25) is 0 Å². The van der Waals surface area contributed by atoms with E-state index in [0.29, 0.717) is 0 Å². The fraction of sp³-hybridized carbons (Fsp3) is 0. The predicted molar refractivity (Wildman–Crippen MR) is 52.6 cm³/mol. The summed E-state index contributed by atoms with van der Waals surface area (Å²) in [5.41, 5.74) is 1.18. The number of hydrogen-bond donors (Lipinski definition) is 0. The molecule has 0 aromatic heterocycles. The maximum absolute atomic E-state index is 6.13. The van der Waals surface area contributed by atoms with Crippen molar-refractivity contribution in [3.63, 3.8) is 0 Å². The minimum atomic E-state index is -2.37. The fourth-order valence-corrected chi connectivity index (χ4v) is 5.56. The Kier molecular flexibility index (Phi) is 1.77. The Labute approximate surface area is 76.5 Å². The van der Waals surface area contributed by atoms with Gasteiger partial charge in [0.15, 0.2) is 0 Å². The monoisotopic (exact) mass is 252 g/mol. The molecule has 58 valence electrons. The summed E-state index contributed by atoms with van der Waals surface area (Å²) in [4.78, 5) is 1.95.